The second-order valence-electron chi connectivity index (χ2n) is 16.5. The third-order valence-electron chi connectivity index (χ3n) is 13.5. The molecule has 6 N–H and O–H groups in total. The fourth-order valence-corrected chi connectivity index (χ4v) is 10.8. The number of hydrogen-bond acceptors (Lipinski definition) is 9. The van der Waals surface area contributed by atoms with E-state index in [0.717, 1.165) is 48.3 Å². The Bertz CT molecular complexity index is 1410. The van der Waals surface area contributed by atoms with Crippen molar-refractivity contribution in [2.45, 2.75) is 136 Å². The van der Waals surface area contributed by atoms with Crippen LogP contribution in [-0.2, 0) is 4.74 Å². The third-order valence-corrected chi connectivity index (χ3v) is 13.5. The van der Waals surface area contributed by atoms with E-state index in [1.807, 2.05) is 0 Å². The molecule has 1 saturated heterocycles. The molecule has 0 unspecified atom stereocenters. The maximum absolute atomic E-state index is 10.2. The molecule has 3 saturated carbocycles. The Morgan fingerprint density at radius 3 is 2.49 bits per heavy atom. The summed E-state index contributed by atoms with van der Waals surface area (Å²) in [5.74, 6) is 5.68. The van der Waals surface area contributed by atoms with E-state index in [-0.39, 0.29) is 11.9 Å². The van der Waals surface area contributed by atoms with Crippen molar-refractivity contribution in [2.75, 3.05) is 12.3 Å². The predicted molar refractivity (Wildman–Crippen MR) is 182 cm³/mol. The first-order chi connectivity index (χ1) is 22.4. The topological polar surface area (TPSA) is 160 Å². The molecule has 5 aliphatic rings. The Hall–Kier alpha value is -2.11. The standard InChI is InChI=1S/C27H46O.C10H13N5O4/c1-18(2)7-6-8-19(3)23-11-12-24-22-10-9-20-17-21(28)13-15-26(20,4)25(22)14-16-27(23,24)5;11-8-5-9(13-2-12-8)15(3-14-5)10-7(18)6(17)4(1-16)19-10/h9,18-19,21-25,28H,6-8,10-17H2,1-5H3;2-4,6-7,10,16-18H,1H2,(H2,11,12,13)/t19-,21+,22+,23-,24+,25+,26+,27-;4-,6-,7-,10-/m11/s1. The lowest BCUT2D eigenvalue weighted by Crippen LogP contribution is -2.50. The number of aromatic nitrogens is 4. The largest absolute Gasteiger partial charge is 0.394 e. The van der Waals surface area contributed by atoms with Crippen LogP contribution in [0.3, 0.4) is 0 Å². The van der Waals surface area contributed by atoms with Gasteiger partial charge < -0.3 is 30.9 Å². The Morgan fingerprint density at radius 1 is 0.979 bits per heavy atom. The van der Waals surface area contributed by atoms with E-state index in [4.69, 9.17) is 15.6 Å². The molecule has 4 aliphatic carbocycles. The zero-order valence-electron chi connectivity index (χ0n) is 29.1. The van der Waals surface area contributed by atoms with Crippen LogP contribution in [0.15, 0.2) is 24.3 Å². The number of imidazole rings is 1. The molecule has 0 radical (unpaired) electrons. The molecule has 0 bridgehead atoms. The van der Waals surface area contributed by atoms with Gasteiger partial charge in [0.05, 0.1) is 19.0 Å². The molecule has 10 heteroatoms. The molecule has 2 aromatic heterocycles. The highest BCUT2D eigenvalue weighted by atomic mass is 16.6. The predicted octanol–water partition coefficient (Wildman–Crippen LogP) is 5.41. The second kappa shape index (κ2) is 13.7. The quantitative estimate of drug-likeness (QED) is 0.246. The second-order valence-corrected chi connectivity index (χ2v) is 16.5. The summed E-state index contributed by atoms with van der Waals surface area (Å²) in [6.07, 6.45) is 15.7. The van der Waals surface area contributed by atoms with Crippen LogP contribution in [0.5, 0.6) is 0 Å². The van der Waals surface area contributed by atoms with Gasteiger partial charge in [0.2, 0.25) is 0 Å². The van der Waals surface area contributed by atoms with Crippen molar-refractivity contribution in [3.05, 3.63) is 24.3 Å². The van der Waals surface area contributed by atoms with Gasteiger partial charge in [-0.15, -0.1) is 0 Å². The first kappa shape index (κ1) is 34.7. The first-order valence-corrected chi connectivity index (χ1v) is 18.3. The van der Waals surface area contributed by atoms with Crippen LogP contribution < -0.4 is 5.73 Å². The molecule has 7 rings (SSSR count). The number of anilines is 1. The highest BCUT2D eigenvalue weighted by molar-refractivity contribution is 5.81. The molecule has 1 aliphatic heterocycles. The zero-order valence-corrected chi connectivity index (χ0v) is 29.1. The molecular weight excluding hydrogens is 594 g/mol. The van der Waals surface area contributed by atoms with E-state index in [2.05, 4.69) is 55.6 Å². The summed E-state index contributed by atoms with van der Waals surface area (Å²) < 4.78 is 6.85. The van der Waals surface area contributed by atoms with Gasteiger partial charge in [-0.05, 0) is 97.7 Å². The SMILES string of the molecule is CC(C)CCC[C@@H](C)[C@H]1CC[C@H]2[C@@H]3CC=C4C[C@@H](O)CC[C@]4(C)[C@H]3CC[C@]12C.Nc1ncnc2c1ncn2[C@@H]1O[C@H](CO)[C@@H](O)[C@H]1O. The van der Waals surface area contributed by atoms with Crippen LogP contribution in [-0.4, -0.2) is 71.0 Å². The fraction of sp³-hybridized carbons (Fsp3) is 0.811. The average molecular weight is 654 g/mol. The molecule has 2 aromatic rings. The van der Waals surface area contributed by atoms with Gasteiger partial charge in [0.15, 0.2) is 17.7 Å². The number of nitrogens with zero attached hydrogens (tertiary/aromatic N) is 4. The molecule has 12 atom stereocenters. The molecule has 0 aromatic carbocycles. The lowest BCUT2D eigenvalue weighted by Gasteiger charge is -2.58. The highest BCUT2D eigenvalue weighted by Crippen LogP contribution is 2.67. The van der Waals surface area contributed by atoms with Gasteiger partial charge in [0.25, 0.3) is 0 Å². The zero-order chi connectivity index (χ0) is 33.7. The van der Waals surface area contributed by atoms with Crippen molar-refractivity contribution in [1.29, 1.82) is 0 Å². The van der Waals surface area contributed by atoms with Crippen LogP contribution >= 0.6 is 0 Å². The van der Waals surface area contributed by atoms with Crippen LogP contribution in [0, 0.1) is 46.3 Å². The van der Waals surface area contributed by atoms with Gasteiger partial charge in [-0.25, -0.2) is 15.0 Å². The summed E-state index contributed by atoms with van der Waals surface area (Å²) in [5, 5.41) is 38.9. The maximum atomic E-state index is 10.2. The minimum atomic E-state index is -1.19. The lowest BCUT2D eigenvalue weighted by molar-refractivity contribution is -0.0573. The van der Waals surface area contributed by atoms with Gasteiger partial charge in [-0.1, -0.05) is 65.5 Å². The number of rotatable bonds is 7. The molecule has 4 fully saturated rings. The smallest absolute Gasteiger partial charge is 0.167 e. The number of nitrogen functional groups attached to an aromatic ring is 1. The van der Waals surface area contributed by atoms with Crippen molar-refractivity contribution >= 4 is 17.0 Å². The van der Waals surface area contributed by atoms with Gasteiger partial charge in [0.1, 0.15) is 30.2 Å². The summed E-state index contributed by atoms with van der Waals surface area (Å²) in [7, 11) is 0. The number of aliphatic hydroxyl groups excluding tert-OH is 4. The van der Waals surface area contributed by atoms with Crippen LogP contribution in [0.25, 0.3) is 11.2 Å². The number of hydrogen-bond donors (Lipinski definition) is 5. The van der Waals surface area contributed by atoms with Crippen molar-refractivity contribution in [3.8, 4) is 0 Å². The minimum absolute atomic E-state index is 0.0766. The van der Waals surface area contributed by atoms with Gasteiger partial charge >= 0.3 is 0 Å². The Kier molecular flexibility index (Phi) is 10.1. The normalized spacial score (nSPS) is 40.3. The maximum Gasteiger partial charge on any atom is 0.167 e. The first-order valence-electron chi connectivity index (χ1n) is 18.3. The summed E-state index contributed by atoms with van der Waals surface area (Å²) in [6.45, 7) is 12.2. The van der Waals surface area contributed by atoms with E-state index in [9.17, 15) is 15.3 Å². The highest BCUT2D eigenvalue weighted by Gasteiger charge is 2.59. The fourth-order valence-electron chi connectivity index (χ4n) is 10.8. The Balaban J connectivity index is 0.000000177. The van der Waals surface area contributed by atoms with E-state index in [0.29, 0.717) is 22.0 Å². The summed E-state index contributed by atoms with van der Waals surface area (Å²) in [5.41, 5.74) is 9.05. The van der Waals surface area contributed by atoms with E-state index in [1.54, 1.807) is 5.57 Å². The van der Waals surface area contributed by atoms with Crippen molar-refractivity contribution < 1.29 is 25.2 Å². The number of aliphatic hydroxyl groups is 4. The van der Waals surface area contributed by atoms with E-state index in [1.165, 1.54) is 75.0 Å². The monoisotopic (exact) mass is 653 g/mol. The van der Waals surface area contributed by atoms with Gasteiger partial charge in [0, 0.05) is 0 Å². The summed E-state index contributed by atoms with van der Waals surface area (Å²) in [4.78, 5) is 11.9. The lowest BCUT2D eigenvalue weighted by atomic mass is 9.47. The molecule has 0 amide bonds. The number of allylic oxidation sites excluding steroid dienone is 1. The van der Waals surface area contributed by atoms with Crippen molar-refractivity contribution in [3.63, 3.8) is 0 Å². The minimum Gasteiger partial charge on any atom is -0.394 e. The average Bonchev–Trinajstić information content (AvgIpc) is 3.71. The van der Waals surface area contributed by atoms with Gasteiger partial charge in [-0.3, -0.25) is 4.57 Å². The molecule has 3 heterocycles. The molecule has 10 nitrogen and oxygen atoms in total. The molecule has 47 heavy (non-hydrogen) atoms. The van der Waals surface area contributed by atoms with Gasteiger partial charge in [-0.2, -0.15) is 0 Å². The summed E-state index contributed by atoms with van der Waals surface area (Å²) in [6, 6.07) is 0. The Labute approximate surface area is 280 Å². The number of nitrogens with two attached hydrogens (primary N) is 1. The van der Waals surface area contributed by atoms with Crippen LogP contribution in [0.4, 0.5) is 5.82 Å². The number of ether oxygens (including phenoxy) is 1. The van der Waals surface area contributed by atoms with Crippen molar-refractivity contribution in [2.24, 2.45) is 46.3 Å². The molecule has 262 valence electrons. The number of fused-ring (bicyclic) bond motifs is 6. The van der Waals surface area contributed by atoms with Crippen LogP contribution in [0.1, 0.15) is 111 Å². The van der Waals surface area contributed by atoms with Crippen molar-refractivity contribution in [1.82, 2.24) is 19.5 Å². The van der Waals surface area contributed by atoms with E-state index < -0.39 is 31.1 Å². The summed E-state index contributed by atoms with van der Waals surface area (Å²) >= 11 is 0. The van der Waals surface area contributed by atoms with E-state index >= 15 is 0 Å². The van der Waals surface area contributed by atoms with Crippen LogP contribution in [0.2, 0.25) is 0 Å². The molecule has 0 spiro atoms. The Morgan fingerprint density at radius 2 is 1.77 bits per heavy atom. The molecular formula is C37H59N5O5. The third kappa shape index (κ3) is 6.26.